The van der Waals surface area contributed by atoms with Crippen molar-refractivity contribution in [1.29, 1.82) is 0 Å². The SMILES string of the molecule is CC(C(=O)Nc1ccc(OC(F)(F)F)cc1)n1nc(C(F)(F)F)cc1C1CC1. The van der Waals surface area contributed by atoms with E-state index in [1.54, 1.807) is 0 Å². The number of benzene rings is 1. The number of halogens is 6. The summed E-state index contributed by atoms with van der Waals surface area (Å²) in [5.74, 6) is -1.18. The van der Waals surface area contributed by atoms with E-state index in [0.29, 0.717) is 5.69 Å². The number of ether oxygens (including phenoxy) is 1. The topological polar surface area (TPSA) is 56.1 Å². The highest BCUT2D eigenvalue weighted by Crippen LogP contribution is 2.43. The van der Waals surface area contributed by atoms with Gasteiger partial charge in [0.15, 0.2) is 5.69 Å². The first-order valence-corrected chi connectivity index (χ1v) is 8.27. The summed E-state index contributed by atoms with van der Waals surface area (Å²) in [6.45, 7) is 1.40. The molecule has 1 atom stereocenters. The van der Waals surface area contributed by atoms with E-state index in [2.05, 4.69) is 15.2 Å². The van der Waals surface area contributed by atoms with Gasteiger partial charge >= 0.3 is 12.5 Å². The quantitative estimate of drug-likeness (QED) is 0.719. The van der Waals surface area contributed by atoms with Crippen LogP contribution in [0.3, 0.4) is 0 Å². The highest BCUT2D eigenvalue weighted by Gasteiger charge is 2.39. The van der Waals surface area contributed by atoms with Gasteiger partial charge in [-0.25, -0.2) is 0 Å². The molecule has 5 nitrogen and oxygen atoms in total. The number of hydrogen-bond donors (Lipinski definition) is 1. The summed E-state index contributed by atoms with van der Waals surface area (Å²) in [5, 5.41) is 5.99. The first kappa shape index (κ1) is 20.0. The fourth-order valence-corrected chi connectivity index (χ4v) is 2.64. The van der Waals surface area contributed by atoms with Gasteiger partial charge in [0.2, 0.25) is 5.91 Å². The summed E-state index contributed by atoms with van der Waals surface area (Å²) < 4.78 is 80.1. The third-order valence-electron chi connectivity index (χ3n) is 4.15. The van der Waals surface area contributed by atoms with Gasteiger partial charge in [-0.3, -0.25) is 9.48 Å². The summed E-state index contributed by atoms with van der Waals surface area (Å²) in [6, 6.07) is 4.32. The molecule has 1 heterocycles. The van der Waals surface area contributed by atoms with Crippen molar-refractivity contribution in [2.24, 2.45) is 0 Å². The lowest BCUT2D eigenvalue weighted by Crippen LogP contribution is -2.26. The molecule has 1 aromatic carbocycles. The normalized spacial score (nSPS) is 16.0. The Labute approximate surface area is 155 Å². The van der Waals surface area contributed by atoms with Gasteiger partial charge in [0, 0.05) is 17.3 Å². The molecule has 1 N–H and O–H groups in total. The molecule has 152 valence electrons. The molecular weight excluding hydrogens is 392 g/mol. The van der Waals surface area contributed by atoms with Crippen molar-refractivity contribution in [3.8, 4) is 5.75 Å². The van der Waals surface area contributed by atoms with Gasteiger partial charge in [0.25, 0.3) is 0 Å². The zero-order chi connectivity index (χ0) is 20.7. The summed E-state index contributed by atoms with van der Waals surface area (Å²) in [6.07, 6.45) is -8.02. The largest absolute Gasteiger partial charge is 0.573 e. The Balaban J connectivity index is 1.73. The van der Waals surface area contributed by atoms with Gasteiger partial charge in [0.05, 0.1) is 0 Å². The van der Waals surface area contributed by atoms with Crippen LogP contribution < -0.4 is 10.1 Å². The van der Waals surface area contributed by atoms with Crippen molar-refractivity contribution in [3.63, 3.8) is 0 Å². The Morgan fingerprint density at radius 3 is 2.29 bits per heavy atom. The van der Waals surface area contributed by atoms with E-state index in [0.717, 1.165) is 35.7 Å². The van der Waals surface area contributed by atoms with Gasteiger partial charge in [-0.15, -0.1) is 13.2 Å². The fraction of sp³-hybridized carbons (Fsp3) is 0.412. The Morgan fingerprint density at radius 2 is 1.79 bits per heavy atom. The summed E-state index contributed by atoms with van der Waals surface area (Å²) in [7, 11) is 0. The van der Waals surface area contributed by atoms with Crippen LogP contribution in [0.2, 0.25) is 0 Å². The van der Waals surface area contributed by atoms with E-state index in [9.17, 15) is 31.1 Å². The van der Waals surface area contributed by atoms with Gasteiger partial charge in [-0.1, -0.05) is 0 Å². The molecule has 0 radical (unpaired) electrons. The molecule has 0 spiro atoms. The number of nitrogens with one attached hydrogen (secondary N) is 1. The minimum atomic E-state index is -4.84. The lowest BCUT2D eigenvalue weighted by atomic mass is 10.2. The summed E-state index contributed by atoms with van der Waals surface area (Å²) in [5.41, 5.74) is -0.561. The van der Waals surface area contributed by atoms with E-state index < -0.39 is 35.9 Å². The molecule has 0 aliphatic heterocycles. The van der Waals surface area contributed by atoms with Gasteiger partial charge in [-0.05, 0) is 50.1 Å². The number of alkyl halides is 6. The predicted molar refractivity (Wildman–Crippen MR) is 85.7 cm³/mol. The van der Waals surface area contributed by atoms with Crippen LogP contribution in [0.15, 0.2) is 30.3 Å². The van der Waals surface area contributed by atoms with Crippen molar-refractivity contribution in [2.75, 3.05) is 5.32 Å². The van der Waals surface area contributed by atoms with E-state index in [1.165, 1.54) is 19.1 Å². The van der Waals surface area contributed by atoms with Crippen molar-refractivity contribution < 1.29 is 35.9 Å². The zero-order valence-corrected chi connectivity index (χ0v) is 14.4. The molecule has 1 saturated carbocycles. The van der Waals surface area contributed by atoms with E-state index in [-0.39, 0.29) is 11.6 Å². The number of hydrogen-bond acceptors (Lipinski definition) is 3. The number of nitrogens with zero attached hydrogens (tertiary/aromatic N) is 2. The predicted octanol–water partition coefficient (Wildman–Crippen LogP) is 4.88. The molecule has 0 saturated heterocycles. The van der Waals surface area contributed by atoms with E-state index in [1.807, 2.05) is 0 Å². The number of anilines is 1. The van der Waals surface area contributed by atoms with Crippen LogP contribution in [0, 0.1) is 0 Å². The smallest absolute Gasteiger partial charge is 0.406 e. The highest BCUT2D eigenvalue weighted by molar-refractivity contribution is 5.93. The van der Waals surface area contributed by atoms with Crippen molar-refractivity contribution in [3.05, 3.63) is 41.7 Å². The summed E-state index contributed by atoms with van der Waals surface area (Å²) in [4.78, 5) is 12.4. The standard InChI is InChI=1S/C17H15F6N3O2/c1-9(26-13(10-2-3-10)8-14(25-26)16(18,19)20)15(27)24-11-4-6-12(7-5-11)28-17(21,22)23/h4-10H,2-3H2,1H3,(H,24,27). The number of amides is 1. The molecule has 1 aliphatic rings. The molecule has 0 bridgehead atoms. The van der Waals surface area contributed by atoms with Crippen LogP contribution >= 0.6 is 0 Å². The minimum Gasteiger partial charge on any atom is -0.406 e. The van der Waals surface area contributed by atoms with Crippen LogP contribution in [0.1, 0.15) is 43.1 Å². The Morgan fingerprint density at radius 1 is 1.18 bits per heavy atom. The summed E-state index contributed by atoms with van der Waals surface area (Å²) >= 11 is 0. The molecular formula is C17H15F6N3O2. The zero-order valence-electron chi connectivity index (χ0n) is 14.4. The Bertz CT molecular complexity index is 853. The van der Waals surface area contributed by atoms with Crippen molar-refractivity contribution in [1.82, 2.24) is 9.78 Å². The molecule has 1 aromatic heterocycles. The third kappa shape index (κ3) is 4.76. The number of carbonyl (C=O) groups excluding carboxylic acids is 1. The first-order valence-electron chi connectivity index (χ1n) is 8.27. The van der Waals surface area contributed by atoms with Crippen LogP contribution in [0.5, 0.6) is 5.75 Å². The average molecular weight is 407 g/mol. The van der Waals surface area contributed by atoms with Gasteiger partial charge in [0.1, 0.15) is 11.8 Å². The van der Waals surface area contributed by atoms with Gasteiger partial charge < -0.3 is 10.1 Å². The molecule has 2 aromatic rings. The maximum absolute atomic E-state index is 13.0. The number of aromatic nitrogens is 2. The molecule has 11 heteroatoms. The molecule has 1 unspecified atom stereocenters. The average Bonchev–Trinajstić information content (AvgIpc) is 3.31. The molecule has 1 aliphatic carbocycles. The maximum Gasteiger partial charge on any atom is 0.573 e. The molecule has 1 fully saturated rings. The monoisotopic (exact) mass is 407 g/mol. The van der Waals surface area contributed by atoms with Crippen molar-refractivity contribution >= 4 is 11.6 Å². The second-order valence-electron chi connectivity index (χ2n) is 6.41. The highest BCUT2D eigenvalue weighted by atomic mass is 19.4. The lowest BCUT2D eigenvalue weighted by molar-refractivity contribution is -0.274. The van der Waals surface area contributed by atoms with E-state index in [4.69, 9.17) is 0 Å². The molecule has 1 amide bonds. The number of carbonyl (C=O) groups is 1. The second kappa shape index (κ2) is 7.02. The minimum absolute atomic E-state index is 0.0716. The lowest BCUT2D eigenvalue weighted by Gasteiger charge is -2.16. The molecule has 3 rings (SSSR count). The Kier molecular flexibility index (Phi) is 5.02. The van der Waals surface area contributed by atoms with Crippen LogP contribution in [0.25, 0.3) is 0 Å². The fourth-order valence-electron chi connectivity index (χ4n) is 2.64. The van der Waals surface area contributed by atoms with Crippen LogP contribution in [-0.4, -0.2) is 22.1 Å². The maximum atomic E-state index is 13.0. The second-order valence-corrected chi connectivity index (χ2v) is 6.41. The van der Waals surface area contributed by atoms with Crippen molar-refractivity contribution in [2.45, 2.75) is 44.3 Å². The first-order chi connectivity index (χ1) is 12.9. The third-order valence-corrected chi connectivity index (χ3v) is 4.15. The van der Waals surface area contributed by atoms with Crippen LogP contribution in [0.4, 0.5) is 32.0 Å². The van der Waals surface area contributed by atoms with Crippen LogP contribution in [-0.2, 0) is 11.0 Å². The van der Waals surface area contributed by atoms with Gasteiger partial charge in [-0.2, -0.15) is 18.3 Å². The Hall–Kier alpha value is -2.72. The molecule has 28 heavy (non-hydrogen) atoms. The van der Waals surface area contributed by atoms with E-state index >= 15 is 0 Å². The number of rotatable bonds is 5.